The van der Waals surface area contributed by atoms with Crippen LogP contribution in [-0.4, -0.2) is 28.4 Å². The van der Waals surface area contributed by atoms with Crippen molar-refractivity contribution >= 4 is 34.7 Å². The second-order valence-electron chi connectivity index (χ2n) is 7.80. The van der Waals surface area contributed by atoms with Crippen molar-refractivity contribution in [3.63, 3.8) is 0 Å². The van der Waals surface area contributed by atoms with Gasteiger partial charge in [0.05, 0.1) is 22.9 Å². The number of anilines is 1. The lowest BCUT2D eigenvalue weighted by Crippen LogP contribution is -2.29. The highest BCUT2D eigenvalue weighted by atomic mass is 35.5. The van der Waals surface area contributed by atoms with Crippen LogP contribution in [0.15, 0.2) is 66.4 Å². The molecule has 2 aromatic carbocycles. The minimum atomic E-state index is -1.01. The number of hydrogen-bond acceptors (Lipinski definition) is 5. The van der Waals surface area contributed by atoms with Crippen molar-refractivity contribution in [3.05, 3.63) is 94.0 Å². The molecular weight excluding hydrogens is 447 g/mol. The second kappa shape index (κ2) is 8.33. The van der Waals surface area contributed by atoms with Gasteiger partial charge in [-0.3, -0.25) is 19.5 Å². The van der Waals surface area contributed by atoms with Gasteiger partial charge in [0.15, 0.2) is 0 Å². The molecule has 1 unspecified atom stereocenters. The lowest BCUT2D eigenvalue weighted by Gasteiger charge is -2.25. The van der Waals surface area contributed by atoms with Gasteiger partial charge < -0.3 is 9.84 Å². The number of ketones is 1. The Labute approximate surface area is 193 Å². The number of Topliss-reactive ketones (excluding diaryl/α,β-unsaturated/α-hetero) is 1. The molecule has 2 aliphatic heterocycles. The molecule has 1 N–H and O–H groups in total. The molecular formula is C25H18ClFN2O4. The summed E-state index contributed by atoms with van der Waals surface area (Å²) in [5, 5.41) is 11.0. The molecule has 1 aromatic heterocycles. The van der Waals surface area contributed by atoms with Crippen LogP contribution in [-0.2, 0) is 16.0 Å². The summed E-state index contributed by atoms with van der Waals surface area (Å²) in [6.45, 7) is 0.628. The molecule has 3 heterocycles. The fraction of sp³-hybridized carbons (Fsp3) is 0.160. The Morgan fingerprint density at radius 2 is 2.00 bits per heavy atom. The van der Waals surface area contributed by atoms with Gasteiger partial charge in [-0.1, -0.05) is 17.7 Å². The largest absolute Gasteiger partial charge is 0.507 e. The number of benzene rings is 2. The predicted molar refractivity (Wildman–Crippen MR) is 121 cm³/mol. The fourth-order valence-electron chi connectivity index (χ4n) is 4.21. The van der Waals surface area contributed by atoms with Gasteiger partial charge in [0.25, 0.3) is 11.7 Å². The number of fused-ring (bicyclic) bond motifs is 1. The monoisotopic (exact) mass is 464 g/mol. The first-order chi connectivity index (χ1) is 16.0. The van der Waals surface area contributed by atoms with Crippen LogP contribution < -0.4 is 9.64 Å². The highest BCUT2D eigenvalue weighted by molar-refractivity contribution is 6.51. The second-order valence-corrected chi connectivity index (χ2v) is 8.20. The lowest BCUT2D eigenvalue weighted by atomic mass is 9.96. The quantitative estimate of drug-likeness (QED) is 0.341. The summed E-state index contributed by atoms with van der Waals surface area (Å²) in [6.07, 6.45) is 3.16. The van der Waals surface area contributed by atoms with Crippen LogP contribution in [0.4, 0.5) is 10.1 Å². The van der Waals surface area contributed by atoms with E-state index in [0.717, 1.165) is 30.2 Å². The number of hydrogen-bond donors (Lipinski definition) is 1. The molecule has 0 radical (unpaired) electrons. The molecule has 0 spiro atoms. The molecule has 3 aromatic rings. The number of ether oxygens (including phenoxy) is 1. The first-order valence-electron chi connectivity index (χ1n) is 10.4. The zero-order valence-corrected chi connectivity index (χ0v) is 18.1. The molecule has 0 saturated carbocycles. The van der Waals surface area contributed by atoms with Gasteiger partial charge in [-0.2, -0.15) is 0 Å². The van der Waals surface area contributed by atoms with Gasteiger partial charge in [0.2, 0.25) is 0 Å². The minimum Gasteiger partial charge on any atom is -0.507 e. The topological polar surface area (TPSA) is 79.7 Å². The number of carbonyl (C=O) groups excluding carboxylic acids is 2. The van der Waals surface area contributed by atoms with Crippen LogP contribution in [0, 0.1) is 5.82 Å². The molecule has 8 heteroatoms. The SMILES string of the molecule is O=C1C(=O)N(c2ccc(F)c(Cl)c2)C(c2ccccn2)/C1=C(/O)c1ccc2c(c1)CCCO2. The maximum absolute atomic E-state index is 13.8. The summed E-state index contributed by atoms with van der Waals surface area (Å²) in [5.41, 5.74) is 1.81. The van der Waals surface area contributed by atoms with E-state index in [2.05, 4.69) is 4.98 Å². The van der Waals surface area contributed by atoms with Gasteiger partial charge >= 0.3 is 0 Å². The van der Waals surface area contributed by atoms with E-state index in [4.69, 9.17) is 16.3 Å². The van der Waals surface area contributed by atoms with E-state index in [-0.39, 0.29) is 22.0 Å². The molecule has 0 bridgehead atoms. The van der Waals surface area contributed by atoms with Gasteiger partial charge in [-0.05, 0) is 66.9 Å². The van der Waals surface area contributed by atoms with E-state index < -0.39 is 23.5 Å². The van der Waals surface area contributed by atoms with E-state index in [1.54, 1.807) is 36.4 Å². The fourth-order valence-corrected chi connectivity index (χ4v) is 4.39. The highest BCUT2D eigenvalue weighted by Crippen LogP contribution is 2.42. The molecule has 33 heavy (non-hydrogen) atoms. The van der Waals surface area contributed by atoms with Gasteiger partial charge in [-0.25, -0.2) is 4.39 Å². The van der Waals surface area contributed by atoms with Crippen LogP contribution in [0.2, 0.25) is 5.02 Å². The van der Waals surface area contributed by atoms with Crippen LogP contribution in [0.5, 0.6) is 5.75 Å². The first kappa shape index (κ1) is 21.2. The van der Waals surface area contributed by atoms with Crippen molar-refractivity contribution in [1.82, 2.24) is 4.98 Å². The maximum atomic E-state index is 13.8. The smallest absolute Gasteiger partial charge is 0.300 e. The summed E-state index contributed by atoms with van der Waals surface area (Å²) in [7, 11) is 0. The first-order valence-corrected chi connectivity index (χ1v) is 10.8. The normalized spacial score (nSPS) is 19.3. The third-order valence-corrected chi connectivity index (χ3v) is 6.07. The summed E-state index contributed by atoms with van der Waals surface area (Å²) in [4.78, 5) is 31.8. The Kier molecular flexibility index (Phi) is 5.34. The van der Waals surface area contributed by atoms with Gasteiger partial charge in [0.1, 0.15) is 23.4 Å². The minimum absolute atomic E-state index is 0.101. The molecule has 2 aliphatic rings. The lowest BCUT2D eigenvalue weighted by molar-refractivity contribution is -0.132. The molecule has 0 aliphatic carbocycles. The molecule has 1 fully saturated rings. The number of halogens is 2. The van der Waals surface area contributed by atoms with Crippen LogP contribution in [0.1, 0.15) is 29.3 Å². The van der Waals surface area contributed by atoms with Crippen molar-refractivity contribution in [2.75, 3.05) is 11.5 Å². The van der Waals surface area contributed by atoms with E-state index in [9.17, 15) is 19.1 Å². The average Bonchev–Trinajstić information content (AvgIpc) is 3.11. The van der Waals surface area contributed by atoms with E-state index >= 15 is 0 Å². The summed E-state index contributed by atoms with van der Waals surface area (Å²) in [5.74, 6) is -1.95. The third-order valence-electron chi connectivity index (χ3n) is 5.78. The standard InChI is InChI=1S/C25H18ClFN2O4/c26-17-13-16(7-8-18(17)27)29-22(19-5-1-2-10-28-19)21(24(31)25(29)32)23(30)15-6-9-20-14(12-15)4-3-11-33-20/h1-2,5-10,12-13,22,30H,3-4,11H2/b23-21-. The van der Waals surface area contributed by atoms with Crippen LogP contribution >= 0.6 is 11.6 Å². The van der Waals surface area contributed by atoms with Crippen molar-refractivity contribution in [1.29, 1.82) is 0 Å². The number of aryl methyl sites for hydroxylation is 1. The maximum Gasteiger partial charge on any atom is 0.300 e. The van der Waals surface area contributed by atoms with E-state index in [1.165, 1.54) is 23.2 Å². The van der Waals surface area contributed by atoms with Crippen molar-refractivity contribution in [2.45, 2.75) is 18.9 Å². The van der Waals surface area contributed by atoms with Crippen LogP contribution in [0.3, 0.4) is 0 Å². The number of aliphatic hydroxyl groups is 1. The Morgan fingerprint density at radius 3 is 2.76 bits per heavy atom. The van der Waals surface area contributed by atoms with Crippen molar-refractivity contribution < 1.29 is 23.8 Å². The van der Waals surface area contributed by atoms with E-state index in [1.807, 2.05) is 0 Å². The number of amides is 1. The molecule has 1 saturated heterocycles. The predicted octanol–water partition coefficient (Wildman–Crippen LogP) is 4.83. The zero-order chi connectivity index (χ0) is 23.1. The number of nitrogens with zero attached hydrogens (tertiary/aromatic N) is 2. The van der Waals surface area contributed by atoms with Crippen molar-refractivity contribution in [2.24, 2.45) is 0 Å². The van der Waals surface area contributed by atoms with E-state index in [0.29, 0.717) is 17.9 Å². The average molecular weight is 465 g/mol. The Morgan fingerprint density at radius 1 is 1.15 bits per heavy atom. The molecule has 1 atom stereocenters. The third kappa shape index (κ3) is 3.64. The zero-order valence-electron chi connectivity index (χ0n) is 17.3. The van der Waals surface area contributed by atoms with Crippen molar-refractivity contribution in [3.8, 4) is 5.75 Å². The molecule has 5 rings (SSSR count). The van der Waals surface area contributed by atoms with Gasteiger partial charge in [0, 0.05) is 17.4 Å². The molecule has 6 nitrogen and oxygen atoms in total. The molecule has 166 valence electrons. The Balaban J connectivity index is 1.69. The summed E-state index contributed by atoms with van der Waals surface area (Å²) in [6, 6.07) is 13.0. The number of rotatable bonds is 3. The number of aromatic nitrogens is 1. The number of aliphatic hydroxyl groups excluding tert-OH is 1. The highest BCUT2D eigenvalue weighted by Gasteiger charge is 2.47. The Bertz CT molecular complexity index is 1310. The number of carbonyl (C=O) groups is 2. The Hall–Kier alpha value is -3.71. The summed E-state index contributed by atoms with van der Waals surface area (Å²) >= 11 is 5.95. The summed E-state index contributed by atoms with van der Waals surface area (Å²) < 4.78 is 19.4. The number of pyridine rings is 1. The van der Waals surface area contributed by atoms with Crippen LogP contribution in [0.25, 0.3) is 5.76 Å². The molecule has 1 amide bonds. The van der Waals surface area contributed by atoms with Gasteiger partial charge in [-0.15, -0.1) is 0 Å².